The van der Waals surface area contributed by atoms with E-state index in [9.17, 15) is 4.79 Å². The second-order valence-corrected chi connectivity index (χ2v) is 5.39. The topological polar surface area (TPSA) is 53.6 Å². The van der Waals surface area contributed by atoms with Crippen LogP contribution in [0, 0.1) is 0 Å². The molecule has 1 aliphatic rings. The van der Waals surface area contributed by atoms with E-state index in [0.29, 0.717) is 25.8 Å². The molecule has 21 heavy (non-hydrogen) atoms. The molecule has 0 radical (unpaired) electrons. The monoisotopic (exact) mass is 291 g/mol. The average molecular weight is 291 g/mol. The van der Waals surface area contributed by atoms with E-state index < -0.39 is 0 Å². The second-order valence-electron chi connectivity index (χ2n) is 5.39. The van der Waals surface area contributed by atoms with Gasteiger partial charge < -0.3 is 20.3 Å². The molecule has 2 atom stereocenters. The van der Waals surface area contributed by atoms with Gasteiger partial charge in [0.15, 0.2) is 0 Å². The SMILES string of the molecule is CCC1COCCN1C(=O)Nc1ccc(C(C)NC)cc1. The molecule has 1 heterocycles. The summed E-state index contributed by atoms with van der Waals surface area (Å²) in [4.78, 5) is 14.2. The molecule has 1 aromatic rings. The highest BCUT2D eigenvalue weighted by atomic mass is 16.5. The Hall–Kier alpha value is -1.59. The quantitative estimate of drug-likeness (QED) is 0.896. The van der Waals surface area contributed by atoms with Gasteiger partial charge in [0, 0.05) is 18.3 Å². The molecule has 0 bridgehead atoms. The van der Waals surface area contributed by atoms with Crippen molar-refractivity contribution in [3.63, 3.8) is 0 Å². The first-order chi connectivity index (χ1) is 10.2. The molecule has 2 amide bonds. The number of morpholine rings is 1. The summed E-state index contributed by atoms with van der Waals surface area (Å²) in [6.45, 7) is 6.07. The molecule has 116 valence electrons. The van der Waals surface area contributed by atoms with Crippen molar-refractivity contribution in [3.05, 3.63) is 29.8 Å². The van der Waals surface area contributed by atoms with Gasteiger partial charge in [-0.15, -0.1) is 0 Å². The van der Waals surface area contributed by atoms with Gasteiger partial charge in [-0.3, -0.25) is 0 Å². The summed E-state index contributed by atoms with van der Waals surface area (Å²) in [5.41, 5.74) is 2.03. The number of nitrogens with zero attached hydrogens (tertiary/aromatic N) is 1. The number of amides is 2. The maximum Gasteiger partial charge on any atom is 0.322 e. The maximum atomic E-state index is 12.4. The van der Waals surface area contributed by atoms with Crippen molar-refractivity contribution in [1.82, 2.24) is 10.2 Å². The number of hydrogen-bond acceptors (Lipinski definition) is 3. The van der Waals surface area contributed by atoms with E-state index in [0.717, 1.165) is 12.1 Å². The highest BCUT2D eigenvalue weighted by molar-refractivity contribution is 5.89. The summed E-state index contributed by atoms with van der Waals surface area (Å²) in [5.74, 6) is 0. The molecular weight excluding hydrogens is 266 g/mol. The molecule has 5 nitrogen and oxygen atoms in total. The van der Waals surface area contributed by atoms with Gasteiger partial charge in [0.25, 0.3) is 0 Å². The lowest BCUT2D eigenvalue weighted by atomic mass is 10.1. The van der Waals surface area contributed by atoms with Crippen LogP contribution < -0.4 is 10.6 Å². The lowest BCUT2D eigenvalue weighted by molar-refractivity contribution is 0.0144. The first kappa shape index (κ1) is 15.8. The maximum absolute atomic E-state index is 12.4. The van der Waals surface area contributed by atoms with Gasteiger partial charge in [-0.25, -0.2) is 4.79 Å². The summed E-state index contributed by atoms with van der Waals surface area (Å²) < 4.78 is 5.43. The number of carbonyl (C=O) groups excluding carboxylic acids is 1. The van der Waals surface area contributed by atoms with Crippen LogP contribution in [-0.2, 0) is 4.74 Å². The molecule has 2 rings (SSSR count). The largest absolute Gasteiger partial charge is 0.377 e. The van der Waals surface area contributed by atoms with Crippen LogP contribution in [0.5, 0.6) is 0 Å². The predicted molar refractivity (Wildman–Crippen MR) is 84.5 cm³/mol. The van der Waals surface area contributed by atoms with Crippen molar-refractivity contribution in [2.45, 2.75) is 32.4 Å². The minimum atomic E-state index is -0.0421. The standard InChI is InChI=1S/C16H25N3O2/c1-4-15-11-21-10-9-19(15)16(20)18-14-7-5-13(6-8-14)12(2)17-3/h5-8,12,15,17H,4,9-11H2,1-3H3,(H,18,20). The molecule has 1 fully saturated rings. The third kappa shape index (κ3) is 3.95. The van der Waals surface area contributed by atoms with Gasteiger partial charge in [0.05, 0.1) is 19.3 Å². The Balaban J connectivity index is 1.98. The Kier molecular flexibility index (Phi) is 5.59. The average Bonchev–Trinajstić information content (AvgIpc) is 2.54. The van der Waals surface area contributed by atoms with Crippen LogP contribution in [0.1, 0.15) is 31.9 Å². The van der Waals surface area contributed by atoms with Crippen LogP contribution in [-0.4, -0.2) is 43.8 Å². The third-order valence-electron chi connectivity index (χ3n) is 4.05. The fourth-order valence-electron chi connectivity index (χ4n) is 2.48. The van der Waals surface area contributed by atoms with Gasteiger partial charge in [0.1, 0.15) is 0 Å². The van der Waals surface area contributed by atoms with E-state index in [1.165, 1.54) is 5.56 Å². The van der Waals surface area contributed by atoms with E-state index in [1.54, 1.807) is 0 Å². The first-order valence-electron chi connectivity index (χ1n) is 7.58. The van der Waals surface area contributed by atoms with Crippen molar-refractivity contribution in [1.29, 1.82) is 0 Å². The minimum Gasteiger partial charge on any atom is -0.377 e. The summed E-state index contributed by atoms with van der Waals surface area (Å²) in [6.07, 6.45) is 0.909. The molecule has 1 saturated heterocycles. The molecule has 1 aliphatic heterocycles. The van der Waals surface area contributed by atoms with Crippen molar-refractivity contribution in [2.24, 2.45) is 0 Å². The highest BCUT2D eigenvalue weighted by Gasteiger charge is 2.25. The van der Waals surface area contributed by atoms with Gasteiger partial charge >= 0.3 is 6.03 Å². The zero-order valence-corrected chi connectivity index (χ0v) is 13.1. The molecule has 0 aliphatic carbocycles. The number of rotatable bonds is 4. The Bertz CT molecular complexity index is 461. The lowest BCUT2D eigenvalue weighted by Gasteiger charge is -2.35. The highest BCUT2D eigenvalue weighted by Crippen LogP contribution is 2.17. The molecule has 0 spiro atoms. The summed E-state index contributed by atoms with van der Waals surface area (Å²) in [7, 11) is 1.93. The normalized spacial score (nSPS) is 20.1. The van der Waals surface area contributed by atoms with E-state index in [2.05, 4.69) is 24.5 Å². The van der Waals surface area contributed by atoms with Gasteiger partial charge in [-0.2, -0.15) is 0 Å². The van der Waals surface area contributed by atoms with Crippen molar-refractivity contribution in [3.8, 4) is 0 Å². The van der Waals surface area contributed by atoms with Crippen LogP contribution >= 0.6 is 0 Å². The molecule has 0 saturated carbocycles. The van der Waals surface area contributed by atoms with Crippen molar-refractivity contribution < 1.29 is 9.53 Å². The van der Waals surface area contributed by atoms with E-state index in [4.69, 9.17) is 4.74 Å². The Morgan fingerprint density at radius 3 is 2.76 bits per heavy atom. The number of nitrogens with one attached hydrogen (secondary N) is 2. The summed E-state index contributed by atoms with van der Waals surface area (Å²) >= 11 is 0. The van der Waals surface area contributed by atoms with Crippen molar-refractivity contribution in [2.75, 3.05) is 32.1 Å². The zero-order valence-electron chi connectivity index (χ0n) is 13.1. The fraction of sp³-hybridized carbons (Fsp3) is 0.562. The second kappa shape index (κ2) is 7.43. The van der Waals surface area contributed by atoms with E-state index in [-0.39, 0.29) is 12.1 Å². The minimum absolute atomic E-state index is 0.0421. The van der Waals surface area contributed by atoms with Gasteiger partial charge in [-0.05, 0) is 38.1 Å². The van der Waals surface area contributed by atoms with Gasteiger partial charge in [-0.1, -0.05) is 19.1 Å². The van der Waals surface area contributed by atoms with Crippen LogP contribution in [0.15, 0.2) is 24.3 Å². The van der Waals surface area contributed by atoms with E-state index in [1.807, 2.05) is 36.2 Å². The van der Waals surface area contributed by atoms with Crippen LogP contribution in [0.25, 0.3) is 0 Å². The Morgan fingerprint density at radius 2 is 2.14 bits per heavy atom. The Morgan fingerprint density at radius 1 is 1.43 bits per heavy atom. The van der Waals surface area contributed by atoms with Gasteiger partial charge in [0.2, 0.25) is 0 Å². The molecule has 5 heteroatoms. The fourth-order valence-corrected chi connectivity index (χ4v) is 2.48. The molecule has 1 aromatic carbocycles. The van der Waals surface area contributed by atoms with E-state index >= 15 is 0 Å². The van der Waals surface area contributed by atoms with Crippen LogP contribution in [0.3, 0.4) is 0 Å². The lowest BCUT2D eigenvalue weighted by Crippen LogP contribution is -2.50. The predicted octanol–water partition coefficient (Wildman–Crippen LogP) is 2.61. The number of benzene rings is 1. The summed E-state index contributed by atoms with van der Waals surface area (Å²) in [6, 6.07) is 8.39. The molecule has 2 N–H and O–H groups in total. The smallest absolute Gasteiger partial charge is 0.322 e. The number of ether oxygens (including phenoxy) is 1. The third-order valence-corrected chi connectivity index (χ3v) is 4.05. The van der Waals surface area contributed by atoms with Crippen molar-refractivity contribution >= 4 is 11.7 Å². The number of anilines is 1. The molecule has 2 unspecified atom stereocenters. The zero-order chi connectivity index (χ0) is 15.2. The van der Waals surface area contributed by atoms with Crippen LogP contribution in [0.4, 0.5) is 10.5 Å². The molecular formula is C16H25N3O2. The number of hydrogen-bond donors (Lipinski definition) is 2. The number of urea groups is 1. The molecule has 0 aromatic heterocycles. The Labute approximate surface area is 126 Å². The number of carbonyl (C=O) groups is 1. The summed E-state index contributed by atoms with van der Waals surface area (Å²) in [5, 5.41) is 6.17. The van der Waals surface area contributed by atoms with Crippen LogP contribution in [0.2, 0.25) is 0 Å². The first-order valence-corrected chi connectivity index (χ1v) is 7.58.